The molecule has 1 aliphatic heterocycles. The highest BCUT2D eigenvalue weighted by Gasteiger charge is 2.19. The molecule has 0 aromatic heterocycles. The van der Waals surface area contributed by atoms with E-state index in [-0.39, 0.29) is 30.8 Å². The minimum absolute atomic E-state index is 0.00861. The van der Waals surface area contributed by atoms with Gasteiger partial charge in [0.05, 0.1) is 12.7 Å². The van der Waals surface area contributed by atoms with Crippen LogP contribution in [-0.4, -0.2) is 62.1 Å². The van der Waals surface area contributed by atoms with Crippen LogP contribution in [0.3, 0.4) is 0 Å². The van der Waals surface area contributed by atoms with Gasteiger partial charge in [-0.1, -0.05) is 12.8 Å². The smallest absolute Gasteiger partial charge is 0.220 e. The molecule has 2 N–H and O–H groups in total. The summed E-state index contributed by atoms with van der Waals surface area (Å²) in [6.07, 6.45) is 5.12. The van der Waals surface area contributed by atoms with E-state index < -0.39 is 0 Å². The number of amides is 2. The Kier molecular flexibility index (Phi) is 6.45. The minimum Gasteiger partial charge on any atom is -0.374 e. The van der Waals surface area contributed by atoms with Crippen molar-refractivity contribution in [1.82, 2.24) is 15.5 Å². The van der Waals surface area contributed by atoms with Crippen LogP contribution in [0.15, 0.2) is 0 Å². The predicted octanol–water partition coefficient (Wildman–Crippen LogP) is 0.272. The van der Waals surface area contributed by atoms with Gasteiger partial charge in [-0.15, -0.1) is 0 Å². The average molecular weight is 297 g/mol. The number of ether oxygens (including phenoxy) is 1. The van der Waals surface area contributed by atoms with Gasteiger partial charge in [0.2, 0.25) is 11.8 Å². The van der Waals surface area contributed by atoms with E-state index in [9.17, 15) is 9.59 Å². The van der Waals surface area contributed by atoms with Crippen molar-refractivity contribution in [3.63, 3.8) is 0 Å². The van der Waals surface area contributed by atoms with E-state index >= 15 is 0 Å². The van der Waals surface area contributed by atoms with Crippen LogP contribution in [0.2, 0.25) is 0 Å². The molecule has 0 unspecified atom stereocenters. The summed E-state index contributed by atoms with van der Waals surface area (Å²) in [7, 11) is 2.05. The van der Waals surface area contributed by atoms with Gasteiger partial charge in [-0.3, -0.25) is 9.59 Å². The van der Waals surface area contributed by atoms with E-state index in [0.717, 1.165) is 25.9 Å². The van der Waals surface area contributed by atoms with Crippen LogP contribution in [0.5, 0.6) is 0 Å². The normalized spacial score (nSPS) is 24.0. The maximum absolute atomic E-state index is 11.7. The maximum atomic E-state index is 11.7. The van der Waals surface area contributed by atoms with Gasteiger partial charge in [-0.05, 0) is 19.9 Å². The molecule has 1 heterocycles. The summed E-state index contributed by atoms with van der Waals surface area (Å²) in [5, 5.41) is 5.85. The largest absolute Gasteiger partial charge is 0.374 e. The maximum Gasteiger partial charge on any atom is 0.220 e. The van der Waals surface area contributed by atoms with E-state index in [1.807, 2.05) is 7.05 Å². The lowest BCUT2D eigenvalue weighted by atomic mass is 10.2. The summed E-state index contributed by atoms with van der Waals surface area (Å²) in [5.41, 5.74) is 0. The van der Waals surface area contributed by atoms with E-state index in [2.05, 4.69) is 15.5 Å². The first-order chi connectivity index (χ1) is 10.1. The van der Waals surface area contributed by atoms with Crippen molar-refractivity contribution in [3.8, 4) is 0 Å². The van der Waals surface area contributed by atoms with Gasteiger partial charge in [-0.25, -0.2) is 0 Å². The third-order valence-corrected chi connectivity index (χ3v) is 4.17. The Morgan fingerprint density at radius 3 is 2.62 bits per heavy atom. The molecule has 0 aromatic carbocycles. The molecule has 0 radical (unpaired) electrons. The second-order valence-corrected chi connectivity index (χ2v) is 6.11. The van der Waals surface area contributed by atoms with Crippen molar-refractivity contribution in [2.24, 2.45) is 0 Å². The van der Waals surface area contributed by atoms with Crippen LogP contribution in [0.25, 0.3) is 0 Å². The van der Waals surface area contributed by atoms with Crippen LogP contribution in [-0.2, 0) is 14.3 Å². The second kappa shape index (κ2) is 8.34. The fraction of sp³-hybridized carbons (Fsp3) is 0.867. The number of morpholine rings is 1. The number of carbonyl (C=O) groups excluding carboxylic acids is 2. The molecule has 0 spiro atoms. The number of carbonyl (C=O) groups is 2. The summed E-state index contributed by atoms with van der Waals surface area (Å²) in [6.45, 7) is 3.00. The molecule has 1 saturated carbocycles. The molecule has 2 aliphatic rings. The molecular weight excluding hydrogens is 270 g/mol. The summed E-state index contributed by atoms with van der Waals surface area (Å²) in [6, 6.07) is 0.326. The lowest BCUT2D eigenvalue weighted by Gasteiger charge is -2.30. The van der Waals surface area contributed by atoms with E-state index in [1.54, 1.807) is 0 Å². The fourth-order valence-corrected chi connectivity index (χ4v) is 2.90. The first kappa shape index (κ1) is 16.2. The summed E-state index contributed by atoms with van der Waals surface area (Å²) < 4.78 is 5.58. The van der Waals surface area contributed by atoms with Crippen LogP contribution in [0, 0.1) is 0 Å². The van der Waals surface area contributed by atoms with Crippen molar-refractivity contribution < 1.29 is 14.3 Å². The monoisotopic (exact) mass is 297 g/mol. The van der Waals surface area contributed by atoms with Gasteiger partial charge in [0, 0.05) is 38.5 Å². The van der Waals surface area contributed by atoms with Gasteiger partial charge < -0.3 is 20.3 Å². The Morgan fingerprint density at radius 1 is 1.19 bits per heavy atom. The van der Waals surface area contributed by atoms with Crippen LogP contribution in [0.1, 0.15) is 38.5 Å². The van der Waals surface area contributed by atoms with Gasteiger partial charge in [-0.2, -0.15) is 0 Å². The van der Waals surface area contributed by atoms with Crippen molar-refractivity contribution >= 4 is 11.8 Å². The average Bonchev–Trinajstić information content (AvgIpc) is 2.96. The Hall–Kier alpha value is -1.14. The highest BCUT2D eigenvalue weighted by atomic mass is 16.5. The SMILES string of the molecule is CN1CCO[C@H](CNC(=O)CCC(=O)NC2CCCC2)C1. The molecule has 120 valence electrons. The van der Waals surface area contributed by atoms with Crippen LogP contribution >= 0.6 is 0 Å². The van der Waals surface area contributed by atoms with Crippen molar-refractivity contribution in [2.45, 2.75) is 50.7 Å². The lowest BCUT2D eigenvalue weighted by molar-refractivity contribution is -0.127. The summed E-state index contributed by atoms with van der Waals surface area (Å²) in [4.78, 5) is 25.7. The van der Waals surface area contributed by atoms with Crippen LogP contribution in [0.4, 0.5) is 0 Å². The number of hydrogen-bond acceptors (Lipinski definition) is 4. The topological polar surface area (TPSA) is 70.7 Å². The van der Waals surface area contributed by atoms with E-state index in [1.165, 1.54) is 12.8 Å². The highest BCUT2D eigenvalue weighted by molar-refractivity contribution is 5.83. The Bertz CT molecular complexity index is 356. The summed E-state index contributed by atoms with van der Waals surface area (Å²) >= 11 is 0. The zero-order chi connectivity index (χ0) is 15.1. The molecule has 2 fully saturated rings. The third-order valence-electron chi connectivity index (χ3n) is 4.17. The molecule has 2 rings (SSSR count). The van der Waals surface area contributed by atoms with E-state index in [0.29, 0.717) is 19.2 Å². The number of likely N-dealkylation sites (N-methyl/N-ethyl adjacent to an activating group) is 1. The van der Waals surface area contributed by atoms with Gasteiger partial charge in [0.15, 0.2) is 0 Å². The quantitative estimate of drug-likeness (QED) is 0.738. The van der Waals surface area contributed by atoms with Gasteiger partial charge >= 0.3 is 0 Å². The molecule has 1 aliphatic carbocycles. The molecular formula is C15H27N3O3. The number of nitrogens with one attached hydrogen (secondary N) is 2. The van der Waals surface area contributed by atoms with Crippen molar-refractivity contribution in [2.75, 3.05) is 33.3 Å². The summed E-state index contributed by atoms with van der Waals surface area (Å²) in [5.74, 6) is -0.0842. The molecule has 0 bridgehead atoms. The Labute approximate surface area is 126 Å². The van der Waals surface area contributed by atoms with E-state index in [4.69, 9.17) is 4.74 Å². The molecule has 2 amide bonds. The first-order valence-corrected chi connectivity index (χ1v) is 7.99. The number of nitrogens with zero attached hydrogens (tertiary/aromatic N) is 1. The first-order valence-electron chi connectivity index (χ1n) is 7.99. The number of hydrogen-bond donors (Lipinski definition) is 2. The van der Waals surface area contributed by atoms with Gasteiger partial charge in [0.1, 0.15) is 0 Å². The zero-order valence-electron chi connectivity index (χ0n) is 12.9. The standard InChI is InChI=1S/C15H27N3O3/c1-18-8-9-21-13(11-18)10-16-14(19)6-7-15(20)17-12-4-2-3-5-12/h12-13H,2-11H2,1H3,(H,16,19)(H,17,20)/t13-/m1/s1. The number of rotatable bonds is 6. The molecule has 21 heavy (non-hydrogen) atoms. The highest BCUT2D eigenvalue weighted by Crippen LogP contribution is 2.17. The predicted molar refractivity (Wildman–Crippen MR) is 79.9 cm³/mol. The molecule has 6 heteroatoms. The zero-order valence-corrected chi connectivity index (χ0v) is 12.9. The molecule has 1 saturated heterocycles. The van der Waals surface area contributed by atoms with Crippen LogP contribution < -0.4 is 10.6 Å². The van der Waals surface area contributed by atoms with Crippen molar-refractivity contribution in [3.05, 3.63) is 0 Å². The minimum atomic E-state index is -0.0756. The molecule has 1 atom stereocenters. The fourth-order valence-electron chi connectivity index (χ4n) is 2.90. The third kappa shape index (κ3) is 6.01. The molecule has 0 aromatic rings. The lowest BCUT2D eigenvalue weighted by Crippen LogP contribution is -2.46. The Morgan fingerprint density at radius 2 is 1.90 bits per heavy atom. The second-order valence-electron chi connectivity index (χ2n) is 6.11. The van der Waals surface area contributed by atoms with Gasteiger partial charge in [0.25, 0.3) is 0 Å². The molecule has 6 nitrogen and oxygen atoms in total. The Balaban J connectivity index is 1.55. The van der Waals surface area contributed by atoms with Crippen molar-refractivity contribution in [1.29, 1.82) is 0 Å².